The second kappa shape index (κ2) is 9.78. The van der Waals surface area contributed by atoms with Gasteiger partial charge in [-0.2, -0.15) is 0 Å². The molecule has 6 heteroatoms. The number of hydrogen-bond donors (Lipinski definition) is 1. The van der Waals surface area contributed by atoms with Gasteiger partial charge < -0.3 is 19.7 Å². The summed E-state index contributed by atoms with van der Waals surface area (Å²) in [6.07, 6.45) is 4.90. The van der Waals surface area contributed by atoms with Crippen molar-refractivity contribution in [2.75, 3.05) is 27.3 Å². The minimum Gasteiger partial charge on any atom is -0.493 e. The molecule has 1 aliphatic rings. The molecule has 0 bridgehead atoms. The molecule has 0 saturated heterocycles. The molecule has 0 aromatic heterocycles. The van der Waals surface area contributed by atoms with Gasteiger partial charge in [-0.15, -0.1) is 0 Å². The number of nitrogens with zero attached hydrogens (tertiary/aromatic N) is 1. The number of methoxy groups -OCH3 is 2. The van der Waals surface area contributed by atoms with E-state index in [2.05, 4.69) is 5.32 Å². The number of ether oxygens (including phenoxy) is 2. The highest BCUT2D eigenvalue weighted by molar-refractivity contribution is 5.85. The summed E-state index contributed by atoms with van der Waals surface area (Å²) in [4.78, 5) is 26.4. The number of hydrogen-bond acceptors (Lipinski definition) is 4. The van der Waals surface area contributed by atoms with Gasteiger partial charge in [0.25, 0.3) is 0 Å². The van der Waals surface area contributed by atoms with Crippen LogP contribution in [0.4, 0.5) is 0 Å². The van der Waals surface area contributed by atoms with Crippen molar-refractivity contribution in [3.63, 3.8) is 0 Å². The highest BCUT2D eigenvalue weighted by atomic mass is 16.5. The Morgan fingerprint density at radius 1 is 1.10 bits per heavy atom. The first-order chi connectivity index (χ1) is 14.1. The topological polar surface area (TPSA) is 67.9 Å². The maximum atomic E-state index is 12.6. The molecule has 1 N–H and O–H groups in total. The first-order valence-corrected chi connectivity index (χ1v) is 9.64. The zero-order valence-corrected chi connectivity index (χ0v) is 16.8. The van der Waals surface area contributed by atoms with Gasteiger partial charge in [-0.3, -0.25) is 9.59 Å². The summed E-state index contributed by atoms with van der Waals surface area (Å²) in [6.45, 7) is 0.923. The summed E-state index contributed by atoms with van der Waals surface area (Å²) in [7, 11) is 3.15. The molecule has 2 aromatic carbocycles. The van der Waals surface area contributed by atoms with Crippen LogP contribution in [0.1, 0.15) is 23.1 Å². The molecule has 29 heavy (non-hydrogen) atoms. The molecule has 3 rings (SSSR count). The molecule has 0 fully saturated rings. The lowest BCUT2D eigenvalue weighted by atomic mass is 10.0. The van der Waals surface area contributed by atoms with E-state index in [0.717, 1.165) is 17.5 Å². The van der Waals surface area contributed by atoms with Crippen molar-refractivity contribution in [3.8, 4) is 11.5 Å². The zero-order chi connectivity index (χ0) is 20.6. The van der Waals surface area contributed by atoms with Crippen molar-refractivity contribution < 1.29 is 19.1 Å². The Morgan fingerprint density at radius 2 is 1.83 bits per heavy atom. The van der Waals surface area contributed by atoms with Gasteiger partial charge in [0.2, 0.25) is 11.8 Å². The lowest BCUT2D eigenvalue weighted by Crippen LogP contribution is -2.32. The van der Waals surface area contributed by atoms with Crippen LogP contribution in [0.25, 0.3) is 6.08 Å². The van der Waals surface area contributed by atoms with Crippen LogP contribution in [0.15, 0.2) is 48.7 Å². The van der Waals surface area contributed by atoms with Gasteiger partial charge in [0, 0.05) is 25.7 Å². The van der Waals surface area contributed by atoms with Crippen LogP contribution in [-0.2, 0) is 22.4 Å². The minimum absolute atomic E-state index is 0.0516. The van der Waals surface area contributed by atoms with Crippen molar-refractivity contribution in [1.82, 2.24) is 10.2 Å². The average Bonchev–Trinajstić information content (AvgIpc) is 2.89. The molecular formula is C23H26N2O4. The van der Waals surface area contributed by atoms with Crippen LogP contribution in [0.3, 0.4) is 0 Å². The fraction of sp³-hybridized carbons (Fsp3) is 0.304. The fourth-order valence-electron chi connectivity index (χ4n) is 3.26. The molecule has 0 atom stereocenters. The molecule has 1 aliphatic heterocycles. The van der Waals surface area contributed by atoms with Crippen molar-refractivity contribution in [1.29, 1.82) is 0 Å². The first kappa shape index (κ1) is 20.5. The molecule has 0 unspecified atom stereocenters. The van der Waals surface area contributed by atoms with Crippen LogP contribution < -0.4 is 14.8 Å². The predicted molar refractivity (Wildman–Crippen MR) is 112 cm³/mol. The summed E-state index contributed by atoms with van der Waals surface area (Å²) < 4.78 is 10.7. The number of amides is 2. The van der Waals surface area contributed by atoms with E-state index in [1.165, 1.54) is 5.56 Å². The number of fused-ring (bicyclic) bond motifs is 1. The third-order valence-corrected chi connectivity index (χ3v) is 4.90. The normalized spacial score (nSPS) is 12.9. The number of rotatable bonds is 8. The Morgan fingerprint density at radius 3 is 2.55 bits per heavy atom. The number of carbonyl (C=O) groups excluding carboxylic acids is 2. The van der Waals surface area contributed by atoms with Crippen LogP contribution >= 0.6 is 0 Å². The highest BCUT2D eigenvalue weighted by Crippen LogP contribution is 2.32. The van der Waals surface area contributed by atoms with E-state index < -0.39 is 0 Å². The highest BCUT2D eigenvalue weighted by Gasteiger charge is 2.20. The molecule has 1 heterocycles. The number of carbonyl (C=O) groups is 2. The maximum Gasteiger partial charge on any atom is 0.230 e. The van der Waals surface area contributed by atoms with Crippen LogP contribution in [0.2, 0.25) is 0 Å². The number of benzene rings is 2. The van der Waals surface area contributed by atoms with Crippen LogP contribution in [-0.4, -0.2) is 44.0 Å². The lowest BCUT2D eigenvalue weighted by molar-refractivity contribution is -0.128. The quantitative estimate of drug-likeness (QED) is 0.748. The van der Waals surface area contributed by atoms with Gasteiger partial charge in [-0.05, 0) is 41.3 Å². The minimum atomic E-state index is -0.0627. The summed E-state index contributed by atoms with van der Waals surface area (Å²) in [5.74, 6) is 1.10. The Kier molecular flexibility index (Phi) is 6.89. The SMILES string of the molecule is COc1cc2c(cc1OC)CC(=O)N(CCC(=O)NCCc1ccccc1)C=C2. The number of nitrogens with one attached hydrogen (secondary N) is 1. The van der Waals surface area contributed by atoms with Gasteiger partial charge in [0.15, 0.2) is 11.5 Å². The molecule has 0 saturated carbocycles. The van der Waals surface area contributed by atoms with E-state index in [4.69, 9.17) is 9.47 Å². The second-order valence-electron chi connectivity index (χ2n) is 6.82. The monoisotopic (exact) mass is 394 g/mol. The van der Waals surface area contributed by atoms with Crippen molar-refractivity contribution in [3.05, 3.63) is 65.4 Å². The van der Waals surface area contributed by atoms with Gasteiger partial charge in [0.1, 0.15) is 0 Å². The molecule has 2 amide bonds. The molecule has 152 valence electrons. The molecular weight excluding hydrogens is 368 g/mol. The molecule has 0 aliphatic carbocycles. The smallest absolute Gasteiger partial charge is 0.230 e. The van der Waals surface area contributed by atoms with E-state index in [9.17, 15) is 9.59 Å². The first-order valence-electron chi connectivity index (χ1n) is 9.64. The van der Waals surface area contributed by atoms with Crippen LogP contribution in [0.5, 0.6) is 11.5 Å². The van der Waals surface area contributed by atoms with E-state index in [0.29, 0.717) is 24.6 Å². The second-order valence-corrected chi connectivity index (χ2v) is 6.82. The van der Waals surface area contributed by atoms with Gasteiger partial charge >= 0.3 is 0 Å². The predicted octanol–water partition coefficient (Wildman–Crippen LogP) is 2.81. The summed E-state index contributed by atoms with van der Waals surface area (Å²) in [6, 6.07) is 13.7. The van der Waals surface area contributed by atoms with E-state index >= 15 is 0 Å². The Bertz CT molecular complexity index is 893. The summed E-state index contributed by atoms with van der Waals surface area (Å²) >= 11 is 0. The maximum absolute atomic E-state index is 12.6. The zero-order valence-electron chi connectivity index (χ0n) is 16.8. The van der Waals surface area contributed by atoms with Crippen molar-refractivity contribution >= 4 is 17.9 Å². The Balaban J connectivity index is 1.53. The summed E-state index contributed by atoms with van der Waals surface area (Å²) in [5, 5.41) is 2.91. The Labute approximate surface area is 171 Å². The van der Waals surface area contributed by atoms with E-state index in [1.807, 2.05) is 48.5 Å². The third kappa shape index (κ3) is 5.38. The molecule has 6 nitrogen and oxygen atoms in total. The third-order valence-electron chi connectivity index (χ3n) is 4.90. The molecule has 2 aromatic rings. The van der Waals surface area contributed by atoms with Crippen molar-refractivity contribution in [2.24, 2.45) is 0 Å². The lowest BCUT2D eigenvalue weighted by Gasteiger charge is -2.17. The van der Waals surface area contributed by atoms with E-state index in [-0.39, 0.29) is 24.7 Å². The Hall–Kier alpha value is -3.28. The van der Waals surface area contributed by atoms with Crippen LogP contribution in [0, 0.1) is 0 Å². The molecule has 0 radical (unpaired) electrons. The average molecular weight is 394 g/mol. The van der Waals surface area contributed by atoms with Crippen molar-refractivity contribution in [2.45, 2.75) is 19.3 Å². The van der Waals surface area contributed by atoms with E-state index in [1.54, 1.807) is 25.3 Å². The van der Waals surface area contributed by atoms with Gasteiger partial charge in [-0.25, -0.2) is 0 Å². The largest absolute Gasteiger partial charge is 0.493 e. The fourth-order valence-corrected chi connectivity index (χ4v) is 3.26. The summed E-state index contributed by atoms with van der Waals surface area (Å²) in [5.41, 5.74) is 2.96. The van der Waals surface area contributed by atoms with Gasteiger partial charge in [0.05, 0.1) is 20.6 Å². The molecule has 0 spiro atoms. The van der Waals surface area contributed by atoms with Gasteiger partial charge in [-0.1, -0.05) is 30.3 Å². The standard InChI is InChI=1S/C23H26N2O4/c1-28-20-14-18-9-12-25(23(27)16-19(18)15-21(20)29-2)13-10-22(26)24-11-8-17-6-4-3-5-7-17/h3-7,9,12,14-15H,8,10-11,13,16H2,1-2H3,(H,24,26).